The number of nitrogens with one attached hydrogen (secondary N) is 7. The number of likely N-dealkylation sites (tertiary alicyclic amines) is 3. The van der Waals surface area contributed by atoms with Crippen LogP contribution in [0.15, 0.2) is 60.7 Å². The number of nitrogens with zero attached hydrogens (tertiary/aromatic N) is 9. The van der Waals surface area contributed by atoms with Gasteiger partial charge in [0.1, 0.15) is 25.5 Å². The zero-order valence-electron chi connectivity index (χ0n) is 88.3. The predicted molar refractivity (Wildman–Crippen MR) is 533 cm³/mol. The van der Waals surface area contributed by atoms with Crippen molar-refractivity contribution in [1.29, 1.82) is 0 Å². The number of hydrogen-bond acceptors (Lipinski definition) is 20. The number of alkyl halides is 6. The molecule has 34 nitrogen and oxygen atoms in total. The molecule has 7 N–H and O–H groups in total. The zero-order valence-corrected chi connectivity index (χ0v) is 88.3. The van der Waals surface area contributed by atoms with Crippen LogP contribution >= 0.6 is 0 Å². The number of carbonyl (C=O) groups is 14. The summed E-state index contributed by atoms with van der Waals surface area (Å²) >= 11 is 0. The van der Waals surface area contributed by atoms with E-state index in [0.29, 0.717) is 71.8 Å². The average Bonchev–Trinajstić information content (AvgIpc) is 1.75. The van der Waals surface area contributed by atoms with Crippen molar-refractivity contribution in [3.63, 3.8) is 0 Å². The van der Waals surface area contributed by atoms with E-state index < -0.39 is 61.7 Å². The lowest BCUT2D eigenvalue weighted by atomic mass is 9.85. The van der Waals surface area contributed by atoms with Gasteiger partial charge < -0.3 is 80.7 Å². The molecular weight excluding hydrogens is 1860 g/mol. The van der Waals surface area contributed by atoms with E-state index in [1.165, 1.54) is 19.6 Å². The number of halogens is 6. The number of ether oxygens (including phenoxy) is 4. The molecule has 0 aromatic heterocycles. The van der Waals surface area contributed by atoms with Gasteiger partial charge in [-0.3, -0.25) is 53.2 Å². The highest BCUT2D eigenvalue weighted by Crippen LogP contribution is 2.29. The topological polar surface area (TPSA) is 389 Å². The van der Waals surface area contributed by atoms with Crippen LogP contribution in [0.25, 0.3) is 0 Å². The Hall–Kier alpha value is -9.64. The molecule has 40 heteroatoms. The Balaban J connectivity index is 0.000000295. The molecular formula is C103H168F6N16O18. The smallest absolute Gasteiger partial charge is 0.381 e. The minimum atomic E-state index is -4.24. The van der Waals surface area contributed by atoms with Crippen LogP contribution in [0.2, 0.25) is 0 Å². The second kappa shape index (κ2) is 62.4. The van der Waals surface area contributed by atoms with E-state index >= 15 is 0 Å². The van der Waals surface area contributed by atoms with Crippen LogP contribution in [0.3, 0.4) is 0 Å². The molecule has 9 fully saturated rings. The van der Waals surface area contributed by atoms with Gasteiger partial charge in [-0.15, -0.1) is 0 Å². The Morgan fingerprint density at radius 3 is 0.734 bits per heavy atom. The van der Waals surface area contributed by atoms with E-state index in [9.17, 15) is 93.5 Å². The SMILES string of the molecule is CC(C)C(=O)C(NC(=O)N1CCOC1)C1CCOCC1.CC(C)C(=O)[C@@H](NC(=O)N1CCCC1)C(C)C.CC(C)C(=O)[C@@H](NC(=O)N1CCCC1)C1CCOCC1.CC(C)C(=O)[C@@H](NC(=O)N1CCN(CC(F)(F)F)CC1)C(C)C.CC(C)C(=O)[C@@H](NC(=O)N1CCOC1)C(C)C.CC(C)C(=O)[C@H](NC(=O)N1CCCC1)c1ccccc1.CC(C)C(=O)[C@H](NC(=O)N1CCN(CC(F)(F)F)CC1)c1ccccc1. The fraction of sp³-hybridized carbons (Fsp3) is 0.748. The van der Waals surface area contributed by atoms with Gasteiger partial charge >= 0.3 is 54.6 Å². The maximum Gasteiger partial charge on any atom is 0.401 e. The third-order valence-corrected chi connectivity index (χ3v) is 26.1. The van der Waals surface area contributed by atoms with Crippen molar-refractivity contribution in [3.8, 4) is 0 Å². The normalized spacial score (nSPS) is 18.7. The van der Waals surface area contributed by atoms with Crippen LogP contribution in [-0.4, -0.2) is 340 Å². The summed E-state index contributed by atoms with van der Waals surface area (Å²) in [4.78, 5) is 185. The van der Waals surface area contributed by atoms with Crippen LogP contribution < -0.4 is 37.2 Å². The highest BCUT2D eigenvalue weighted by molar-refractivity contribution is 5.95. The first-order valence-corrected chi connectivity index (χ1v) is 51.5. The second-order valence-electron chi connectivity index (χ2n) is 41.2. The van der Waals surface area contributed by atoms with Gasteiger partial charge in [0.15, 0.2) is 40.5 Å². The lowest BCUT2D eigenvalue weighted by Gasteiger charge is -2.36. The Morgan fingerprint density at radius 2 is 0.503 bits per heavy atom. The van der Waals surface area contributed by atoms with Gasteiger partial charge in [-0.1, -0.05) is 199 Å². The summed E-state index contributed by atoms with van der Waals surface area (Å²) in [5, 5.41) is 19.9. The average molecular weight is 2030 g/mol. The van der Waals surface area contributed by atoms with E-state index in [1.54, 1.807) is 71.6 Å². The van der Waals surface area contributed by atoms with Crippen molar-refractivity contribution in [1.82, 2.24) is 81.3 Å². The van der Waals surface area contributed by atoms with E-state index in [0.717, 1.165) is 109 Å². The fourth-order valence-electron chi connectivity index (χ4n) is 17.2. The lowest BCUT2D eigenvalue weighted by Crippen LogP contribution is -2.56. The summed E-state index contributed by atoms with van der Waals surface area (Å²) in [5.41, 5.74) is 1.54. The summed E-state index contributed by atoms with van der Waals surface area (Å²) in [7, 11) is 0. The number of urea groups is 7. The largest absolute Gasteiger partial charge is 0.401 e. The van der Waals surface area contributed by atoms with Gasteiger partial charge in [-0.25, -0.2) is 33.6 Å². The molecule has 0 spiro atoms. The first kappa shape index (κ1) is 124. The summed E-state index contributed by atoms with van der Waals surface area (Å²) in [5.74, 6) is 0.0995. The standard InChI is InChI=1S/C18H24F3N3O2.C16H22N2O2.C15H26F3N3O2.C15H26N2O3.C14H24N2O4.C13H24N2O2.C12H22N2O3/c1-13(2)16(25)15(14-6-4-3-5-7-14)22-17(26)24-10-8-23(9-11-24)12-18(19,20)21;1-12(2)15(19)14(13-8-4-3-5-9-13)17-16(20)18-10-6-7-11-18;1-10(2)12(13(22)11(3)4)19-14(23)21-7-5-20(6-8-21)9-15(16,17)18;1-11(2)14(18)13(12-5-9-20-10-6-12)16-15(19)17-7-3-4-8-17;1-10(2)13(17)12(11-3-6-19-7-4-11)15-14(18)16-5-8-20-9-16;1-9(2)11(12(16)10(3)4)14-13(17)15-7-5-6-8-15;1-8(2)10(11(15)9(3)4)13-12(16)14-5-6-17-7-14/h3-7,13,15H,8-12H2,1-2H3,(H,22,26);3-5,8-9,12,14H,6-7,10-11H2,1-2H3,(H,17,20);10-12H,5-9H2,1-4H3,(H,19,23);11-13H,3-10H2,1-2H3,(H,16,19);10-12H,3-9H2,1-2H3,(H,15,18);9-11H,5-8H2,1-4H3,(H,14,17);8-10H,5-7H2,1-4H3,(H,13,16)/t15-;14-;12-;13-;;11-;10-/m1100.00/s1. The number of piperazine rings is 2. The van der Waals surface area contributed by atoms with E-state index in [1.807, 2.05) is 152 Å². The van der Waals surface area contributed by atoms with Crippen LogP contribution in [0.5, 0.6) is 0 Å². The van der Waals surface area contributed by atoms with Crippen molar-refractivity contribution >= 4 is 82.7 Å². The minimum Gasteiger partial charge on any atom is -0.381 e. The zero-order chi connectivity index (χ0) is 107. The van der Waals surface area contributed by atoms with Gasteiger partial charge in [0, 0.05) is 173 Å². The van der Waals surface area contributed by atoms with Crippen molar-refractivity contribution in [2.45, 2.75) is 257 Å². The molecule has 9 saturated heterocycles. The molecule has 11 rings (SSSR count). The molecule has 0 bridgehead atoms. The molecule has 1 unspecified atom stereocenters. The first-order valence-electron chi connectivity index (χ1n) is 51.5. The number of hydrogen-bond donors (Lipinski definition) is 7. The third kappa shape index (κ3) is 43.5. The number of amides is 14. The van der Waals surface area contributed by atoms with Crippen LogP contribution in [0.1, 0.15) is 226 Å². The van der Waals surface area contributed by atoms with Crippen LogP contribution in [-0.2, 0) is 52.5 Å². The second-order valence-corrected chi connectivity index (χ2v) is 41.2. The number of rotatable bonds is 30. The van der Waals surface area contributed by atoms with Crippen molar-refractivity contribution in [2.24, 2.45) is 71.0 Å². The molecule has 2 aromatic carbocycles. The van der Waals surface area contributed by atoms with Crippen molar-refractivity contribution in [2.75, 3.05) is 171 Å². The first-order chi connectivity index (χ1) is 67.3. The monoisotopic (exact) mass is 2030 g/mol. The van der Waals surface area contributed by atoms with Gasteiger partial charge in [-0.05, 0) is 105 Å². The Labute approximate surface area is 843 Å². The molecule has 9 aliphatic rings. The Bertz CT molecular complexity index is 4100. The van der Waals surface area contributed by atoms with Gasteiger partial charge in [0.05, 0.1) is 56.5 Å². The molecule has 9 heterocycles. The number of benzene rings is 2. The molecule has 2 aromatic rings. The highest BCUT2D eigenvalue weighted by Gasteiger charge is 2.41. The summed E-state index contributed by atoms with van der Waals surface area (Å²) in [6.07, 6.45) is 1.22. The molecule has 810 valence electrons. The fourth-order valence-corrected chi connectivity index (χ4v) is 17.2. The molecule has 9 aliphatic heterocycles. The van der Waals surface area contributed by atoms with Crippen molar-refractivity contribution < 1.29 is 112 Å². The van der Waals surface area contributed by atoms with Gasteiger partial charge in [-0.2, -0.15) is 26.3 Å². The van der Waals surface area contributed by atoms with E-state index in [2.05, 4.69) is 37.2 Å². The molecule has 7 atom stereocenters. The number of carbonyl (C=O) groups excluding carboxylic acids is 14. The minimum absolute atomic E-state index is 0.0379. The van der Waals surface area contributed by atoms with Crippen LogP contribution in [0, 0.1) is 71.0 Å². The maximum absolute atomic E-state index is 12.5. The van der Waals surface area contributed by atoms with Crippen LogP contribution in [0.4, 0.5) is 59.9 Å². The number of Topliss-reactive ketones (excluding diaryl/α,β-unsaturated/α-hetero) is 7. The summed E-state index contributed by atoms with van der Waals surface area (Å²) in [6.45, 7) is 47.3. The van der Waals surface area contributed by atoms with E-state index in [-0.39, 0.29) is 212 Å². The quantitative estimate of drug-likeness (QED) is 0.0357. The van der Waals surface area contributed by atoms with E-state index in [4.69, 9.17) is 18.9 Å². The molecule has 0 radical (unpaired) electrons. The lowest BCUT2D eigenvalue weighted by molar-refractivity contribution is -0.149. The highest BCUT2D eigenvalue weighted by atomic mass is 19.4. The van der Waals surface area contributed by atoms with Gasteiger partial charge in [0.25, 0.3) is 0 Å². The predicted octanol–water partition coefficient (Wildman–Crippen LogP) is 13.8. The summed E-state index contributed by atoms with van der Waals surface area (Å²) < 4.78 is 95.4. The maximum atomic E-state index is 12.5. The molecule has 14 amide bonds. The Morgan fingerprint density at radius 1 is 0.273 bits per heavy atom. The molecule has 143 heavy (non-hydrogen) atoms. The summed E-state index contributed by atoms with van der Waals surface area (Å²) in [6, 6.07) is 13.4. The number of ketones is 7. The van der Waals surface area contributed by atoms with Gasteiger partial charge in [0.2, 0.25) is 0 Å². The molecule has 0 aliphatic carbocycles. The Kier molecular flexibility index (Phi) is 54.0. The molecule has 0 saturated carbocycles. The van der Waals surface area contributed by atoms with Crippen molar-refractivity contribution in [3.05, 3.63) is 71.8 Å². The third-order valence-electron chi connectivity index (χ3n) is 26.1.